The standard InChI is InChI=1S/C12H13N7/c1-18-8-13-6-12(18)7-14-10-2-4-11(5-3-10)19-9-15-16-17-19/h2-6,8-9,14H,7H2,1H3. The van der Waals surface area contributed by atoms with E-state index in [1.165, 1.54) is 0 Å². The fourth-order valence-corrected chi connectivity index (χ4v) is 1.76. The highest BCUT2D eigenvalue weighted by atomic mass is 15.5. The molecule has 0 fully saturated rings. The molecule has 0 saturated heterocycles. The third-order valence-corrected chi connectivity index (χ3v) is 2.87. The molecule has 0 amide bonds. The van der Waals surface area contributed by atoms with Gasteiger partial charge in [0.1, 0.15) is 6.33 Å². The maximum Gasteiger partial charge on any atom is 0.143 e. The number of nitrogens with zero attached hydrogens (tertiary/aromatic N) is 6. The van der Waals surface area contributed by atoms with Crippen LogP contribution in [0.2, 0.25) is 0 Å². The third kappa shape index (κ3) is 2.44. The smallest absolute Gasteiger partial charge is 0.143 e. The van der Waals surface area contributed by atoms with Crippen molar-refractivity contribution in [2.45, 2.75) is 6.54 Å². The van der Waals surface area contributed by atoms with Crippen LogP contribution in [-0.2, 0) is 13.6 Å². The molecule has 19 heavy (non-hydrogen) atoms. The van der Waals surface area contributed by atoms with Crippen LogP contribution in [0, 0.1) is 0 Å². The van der Waals surface area contributed by atoms with Gasteiger partial charge in [0.25, 0.3) is 0 Å². The van der Waals surface area contributed by atoms with Crippen LogP contribution >= 0.6 is 0 Å². The van der Waals surface area contributed by atoms with Gasteiger partial charge in [0, 0.05) is 18.9 Å². The molecule has 0 atom stereocenters. The van der Waals surface area contributed by atoms with Crippen molar-refractivity contribution >= 4 is 5.69 Å². The molecule has 0 radical (unpaired) electrons. The van der Waals surface area contributed by atoms with Crippen molar-refractivity contribution in [1.82, 2.24) is 29.8 Å². The fourth-order valence-electron chi connectivity index (χ4n) is 1.76. The van der Waals surface area contributed by atoms with Crippen molar-refractivity contribution in [1.29, 1.82) is 0 Å². The summed E-state index contributed by atoms with van der Waals surface area (Å²) in [6.45, 7) is 0.737. The van der Waals surface area contributed by atoms with Gasteiger partial charge in [-0.25, -0.2) is 9.67 Å². The van der Waals surface area contributed by atoms with E-state index in [0.717, 1.165) is 23.6 Å². The van der Waals surface area contributed by atoms with Gasteiger partial charge in [-0.3, -0.25) is 0 Å². The number of aromatic nitrogens is 6. The Hall–Kier alpha value is -2.70. The number of nitrogens with one attached hydrogen (secondary N) is 1. The van der Waals surface area contributed by atoms with Crippen molar-refractivity contribution in [2.75, 3.05) is 5.32 Å². The maximum atomic E-state index is 4.08. The summed E-state index contributed by atoms with van der Waals surface area (Å²) in [5.41, 5.74) is 3.10. The van der Waals surface area contributed by atoms with E-state index in [0.29, 0.717) is 0 Å². The Labute approximate surface area is 109 Å². The molecule has 2 aromatic heterocycles. The fraction of sp³-hybridized carbons (Fsp3) is 0.167. The number of hydrogen-bond acceptors (Lipinski definition) is 5. The van der Waals surface area contributed by atoms with E-state index in [1.54, 1.807) is 17.3 Å². The molecule has 96 valence electrons. The summed E-state index contributed by atoms with van der Waals surface area (Å²) in [5.74, 6) is 0. The highest BCUT2D eigenvalue weighted by Gasteiger charge is 2.00. The van der Waals surface area contributed by atoms with Crippen LogP contribution in [0.4, 0.5) is 5.69 Å². The summed E-state index contributed by atoms with van der Waals surface area (Å²) in [5, 5.41) is 14.4. The average molecular weight is 255 g/mol. The Morgan fingerprint density at radius 3 is 2.63 bits per heavy atom. The highest BCUT2D eigenvalue weighted by molar-refractivity contribution is 5.48. The summed E-state index contributed by atoms with van der Waals surface area (Å²) >= 11 is 0. The lowest BCUT2D eigenvalue weighted by Gasteiger charge is -2.07. The van der Waals surface area contributed by atoms with Gasteiger partial charge in [-0.15, -0.1) is 5.10 Å². The minimum Gasteiger partial charge on any atom is -0.379 e. The maximum absolute atomic E-state index is 4.08. The van der Waals surface area contributed by atoms with Crippen molar-refractivity contribution in [3.63, 3.8) is 0 Å². The zero-order valence-corrected chi connectivity index (χ0v) is 10.4. The number of tetrazole rings is 1. The molecule has 3 aromatic rings. The second kappa shape index (κ2) is 4.89. The zero-order chi connectivity index (χ0) is 13.1. The van der Waals surface area contributed by atoms with E-state index in [1.807, 2.05) is 42.1 Å². The SMILES string of the molecule is Cn1cncc1CNc1ccc(-n2cnnn2)cc1. The topological polar surface area (TPSA) is 73.5 Å². The lowest BCUT2D eigenvalue weighted by Crippen LogP contribution is -2.04. The Kier molecular flexibility index (Phi) is 2.93. The second-order valence-electron chi connectivity index (χ2n) is 4.15. The van der Waals surface area contributed by atoms with Crippen molar-refractivity contribution in [3.8, 4) is 5.69 Å². The van der Waals surface area contributed by atoms with Gasteiger partial charge in [0.15, 0.2) is 0 Å². The second-order valence-corrected chi connectivity index (χ2v) is 4.15. The first-order chi connectivity index (χ1) is 9.33. The van der Waals surface area contributed by atoms with Gasteiger partial charge in [0.2, 0.25) is 0 Å². The van der Waals surface area contributed by atoms with E-state index < -0.39 is 0 Å². The van der Waals surface area contributed by atoms with E-state index in [4.69, 9.17) is 0 Å². The highest BCUT2D eigenvalue weighted by Crippen LogP contribution is 2.12. The first-order valence-electron chi connectivity index (χ1n) is 5.85. The summed E-state index contributed by atoms with van der Waals surface area (Å²) < 4.78 is 3.60. The lowest BCUT2D eigenvalue weighted by atomic mass is 10.3. The summed E-state index contributed by atoms with van der Waals surface area (Å²) in [4.78, 5) is 4.08. The largest absolute Gasteiger partial charge is 0.379 e. The molecule has 0 aliphatic carbocycles. The molecule has 0 bridgehead atoms. The van der Waals surface area contributed by atoms with E-state index in [-0.39, 0.29) is 0 Å². The number of anilines is 1. The molecule has 1 aromatic carbocycles. The minimum atomic E-state index is 0.737. The molecule has 0 spiro atoms. The van der Waals surface area contributed by atoms with Gasteiger partial charge < -0.3 is 9.88 Å². The molecular formula is C12H13N7. The molecule has 7 nitrogen and oxygen atoms in total. The predicted molar refractivity (Wildman–Crippen MR) is 69.7 cm³/mol. The molecule has 3 rings (SSSR count). The monoisotopic (exact) mass is 255 g/mol. The van der Waals surface area contributed by atoms with Crippen LogP contribution in [0.3, 0.4) is 0 Å². The lowest BCUT2D eigenvalue weighted by molar-refractivity contribution is 0.789. The van der Waals surface area contributed by atoms with E-state index >= 15 is 0 Å². The van der Waals surface area contributed by atoms with E-state index in [2.05, 4.69) is 25.8 Å². The molecule has 7 heteroatoms. The van der Waals surface area contributed by atoms with Crippen LogP contribution in [-0.4, -0.2) is 29.8 Å². The molecular weight excluding hydrogens is 242 g/mol. The van der Waals surface area contributed by atoms with Crippen LogP contribution in [0.1, 0.15) is 5.69 Å². The first-order valence-corrected chi connectivity index (χ1v) is 5.85. The Bertz CT molecular complexity index is 639. The number of benzene rings is 1. The third-order valence-electron chi connectivity index (χ3n) is 2.87. The van der Waals surface area contributed by atoms with Gasteiger partial charge in [-0.05, 0) is 34.7 Å². The normalized spacial score (nSPS) is 10.6. The summed E-state index contributed by atoms with van der Waals surface area (Å²) in [7, 11) is 1.98. The number of rotatable bonds is 4. The molecule has 0 saturated carbocycles. The summed E-state index contributed by atoms with van der Waals surface area (Å²) in [6, 6.07) is 7.91. The number of hydrogen-bond donors (Lipinski definition) is 1. The minimum absolute atomic E-state index is 0.737. The zero-order valence-electron chi connectivity index (χ0n) is 10.4. The number of aryl methyl sites for hydroxylation is 1. The Morgan fingerprint density at radius 2 is 2.00 bits per heavy atom. The number of imidazole rings is 1. The van der Waals surface area contributed by atoms with Gasteiger partial charge in [0.05, 0.1) is 24.3 Å². The van der Waals surface area contributed by atoms with Crippen LogP contribution in [0.15, 0.2) is 43.1 Å². The molecule has 0 aliphatic rings. The first kappa shape index (κ1) is 11.4. The van der Waals surface area contributed by atoms with Gasteiger partial charge >= 0.3 is 0 Å². The molecule has 2 heterocycles. The molecule has 0 unspecified atom stereocenters. The quantitative estimate of drug-likeness (QED) is 0.753. The average Bonchev–Trinajstić information content (AvgIpc) is 3.09. The predicted octanol–water partition coefficient (Wildman–Crippen LogP) is 1.01. The van der Waals surface area contributed by atoms with E-state index in [9.17, 15) is 0 Å². The van der Waals surface area contributed by atoms with Crippen LogP contribution in [0.25, 0.3) is 5.69 Å². The summed E-state index contributed by atoms with van der Waals surface area (Å²) in [6.07, 6.45) is 5.21. The van der Waals surface area contributed by atoms with Gasteiger partial charge in [-0.1, -0.05) is 0 Å². The van der Waals surface area contributed by atoms with Crippen molar-refractivity contribution in [2.24, 2.45) is 7.05 Å². The van der Waals surface area contributed by atoms with Crippen LogP contribution in [0.5, 0.6) is 0 Å². The van der Waals surface area contributed by atoms with Crippen molar-refractivity contribution < 1.29 is 0 Å². The van der Waals surface area contributed by atoms with Crippen LogP contribution < -0.4 is 5.32 Å². The molecule has 1 N–H and O–H groups in total. The Balaban J connectivity index is 1.68. The van der Waals surface area contributed by atoms with Gasteiger partial charge in [-0.2, -0.15) is 0 Å². The van der Waals surface area contributed by atoms with Crippen molar-refractivity contribution in [3.05, 3.63) is 48.8 Å². The molecule has 0 aliphatic heterocycles. The Morgan fingerprint density at radius 1 is 1.16 bits per heavy atom.